The van der Waals surface area contributed by atoms with Crippen LogP contribution in [0.3, 0.4) is 0 Å². The number of hydrogen-bond acceptors (Lipinski definition) is 14. The molecule has 0 spiro atoms. The lowest BCUT2D eigenvalue weighted by Crippen LogP contribution is -2.38. The Bertz CT molecular complexity index is 2540. The van der Waals surface area contributed by atoms with E-state index in [-0.39, 0.29) is 62.2 Å². The van der Waals surface area contributed by atoms with Gasteiger partial charge in [0.2, 0.25) is 0 Å². The van der Waals surface area contributed by atoms with Crippen LogP contribution in [0.25, 0.3) is 12.2 Å². The third-order valence-electron chi connectivity index (χ3n) is 9.50. The number of ether oxygens (including phenoxy) is 6. The first-order valence-corrected chi connectivity index (χ1v) is 19.7. The standard InChI is InChI=1S/C47H38F8N2O12/c1-64-37-19-24(5-17-35(37)66-42(62)26-7-11-31(12-8-26)68-46(52,53)44(48)49)3-15-33(58)40(60)39(28-21-29(56)23-30(57)22-28)41(61)34(59)16-4-25-6-18-36(38(20-25)65-2)67-43(63)27-9-13-32(14-10-27)69-47(54,55)45(50)51/h3-23,39-41,44-45,60-61H,56-57H2,1-2H3/b15-3+,16-4+. The maximum atomic E-state index is 13.5. The van der Waals surface area contributed by atoms with Gasteiger partial charge in [0.05, 0.1) is 31.3 Å². The highest BCUT2D eigenvalue weighted by molar-refractivity contribution is 6.01. The van der Waals surface area contributed by atoms with Crippen molar-refractivity contribution in [3.63, 3.8) is 0 Å². The van der Waals surface area contributed by atoms with Crippen LogP contribution in [0, 0.1) is 0 Å². The van der Waals surface area contributed by atoms with Gasteiger partial charge in [0, 0.05) is 11.4 Å². The van der Waals surface area contributed by atoms with Crippen LogP contribution in [0.1, 0.15) is 43.3 Å². The second kappa shape index (κ2) is 22.2. The number of anilines is 2. The maximum absolute atomic E-state index is 13.5. The van der Waals surface area contributed by atoms with Crippen molar-refractivity contribution in [3.05, 3.63) is 143 Å². The van der Waals surface area contributed by atoms with Crippen molar-refractivity contribution in [1.29, 1.82) is 0 Å². The number of carbonyl (C=O) groups excluding carboxylic acids is 4. The molecule has 0 aliphatic rings. The van der Waals surface area contributed by atoms with Gasteiger partial charge in [0.1, 0.15) is 23.7 Å². The van der Waals surface area contributed by atoms with Gasteiger partial charge in [-0.3, -0.25) is 9.59 Å². The van der Waals surface area contributed by atoms with E-state index in [0.29, 0.717) is 0 Å². The number of rotatable bonds is 21. The van der Waals surface area contributed by atoms with E-state index in [2.05, 4.69) is 9.47 Å². The molecule has 0 aliphatic carbocycles. The van der Waals surface area contributed by atoms with Crippen LogP contribution in [0.5, 0.6) is 34.5 Å². The molecule has 0 aromatic heterocycles. The number of alkyl halides is 8. The summed E-state index contributed by atoms with van der Waals surface area (Å²) >= 11 is 0. The van der Waals surface area contributed by atoms with E-state index in [1.807, 2.05) is 0 Å². The van der Waals surface area contributed by atoms with Crippen LogP contribution < -0.4 is 39.9 Å². The van der Waals surface area contributed by atoms with Crippen LogP contribution in [0.4, 0.5) is 46.5 Å². The number of esters is 2. The molecule has 5 aromatic rings. The first-order chi connectivity index (χ1) is 32.5. The summed E-state index contributed by atoms with van der Waals surface area (Å²) in [6.07, 6.45) is -17.6. The predicted molar refractivity (Wildman–Crippen MR) is 230 cm³/mol. The number of halogens is 8. The summed E-state index contributed by atoms with van der Waals surface area (Å²) in [5.74, 6) is -7.28. The Balaban J connectivity index is 1.28. The van der Waals surface area contributed by atoms with E-state index in [0.717, 1.165) is 60.7 Å². The van der Waals surface area contributed by atoms with E-state index >= 15 is 0 Å². The minimum atomic E-state index is -4.76. The minimum absolute atomic E-state index is 0.0122. The van der Waals surface area contributed by atoms with Gasteiger partial charge in [-0.15, -0.1) is 0 Å². The number of nitrogens with two attached hydrogens (primary N) is 2. The Morgan fingerprint density at radius 3 is 1.23 bits per heavy atom. The van der Waals surface area contributed by atoms with E-state index in [4.69, 9.17) is 30.4 Å². The average Bonchev–Trinajstić information content (AvgIpc) is 3.30. The molecule has 5 aromatic carbocycles. The Labute approximate surface area is 385 Å². The molecule has 0 radical (unpaired) electrons. The normalized spacial score (nSPS) is 13.2. The molecule has 0 aliphatic heterocycles. The van der Waals surface area contributed by atoms with Gasteiger partial charge in [-0.1, -0.05) is 24.3 Å². The largest absolute Gasteiger partial charge is 0.493 e. The summed E-state index contributed by atoms with van der Waals surface area (Å²) in [6.45, 7) is 0. The molecule has 0 amide bonds. The molecule has 69 heavy (non-hydrogen) atoms. The van der Waals surface area contributed by atoms with Crippen LogP contribution in [-0.4, -0.2) is 85.2 Å². The zero-order valence-corrected chi connectivity index (χ0v) is 35.7. The summed E-state index contributed by atoms with van der Waals surface area (Å²) < 4.78 is 132. The number of hydrogen-bond donors (Lipinski definition) is 4. The van der Waals surface area contributed by atoms with E-state index in [9.17, 15) is 64.5 Å². The fourth-order valence-electron chi connectivity index (χ4n) is 6.12. The number of aliphatic hydroxyl groups excluding tert-OH is 2. The minimum Gasteiger partial charge on any atom is -0.493 e. The van der Waals surface area contributed by atoms with E-state index in [1.165, 1.54) is 81.0 Å². The lowest BCUT2D eigenvalue weighted by molar-refractivity contribution is -0.253. The molecule has 0 bridgehead atoms. The third-order valence-corrected chi connectivity index (χ3v) is 9.50. The van der Waals surface area contributed by atoms with Crippen molar-refractivity contribution < 1.29 is 92.9 Å². The summed E-state index contributed by atoms with van der Waals surface area (Å²) in [7, 11) is 2.45. The molecule has 22 heteroatoms. The molecule has 0 saturated heterocycles. The smallest absolute Gasteiger partial charge is 0.461 e. The summed E-state index contributed by atoms with van der Waals surface area (Å²) in [5.41, 5.74) is 12.3. The lowest BCUT2D eigenvalue weighted by atomic mass is 9.83. The van der Waals surface area contributed by atoms with Crippen molar-refractivity contribution in [2.45, 2.75) is 43.2 Å². The Morgan fingerprint density at radius 1 is 0.536 bits per heavy atom. The number of aliphatic hydroxyl groups is 2. The molecule has 0 heterocycles. The third kappa shape index (κ3) is 13.6. The zero-order chi connectivity index (χ0) is 50.8. The van der Waals surface area contributed by atoms with Crippen molar-refractivity contribution in [2.75, 3.05) is 25.7 Å². The molecule has 364 valence electrons. The number of carbonyl (C=O) groups is 4. The van der Waals surface area contributed by atoms with Gasteiger partial charge in [-0.05, 0) is 120 Å². The lowest BCUT2D eigenvalue weighted by Gasteiger charge is -2.26. The van der Waals surface area contributed by atoms with Crippen LogP contribution in [0.2, 0.25) is 0 Å². The second-order valence-corrected chi connectivity index (χ2v) is 14.4. The summed E-state index contributed by atoms with van der Waals surface area (Å²) in [6, 6.07) is 19.3. The maximum Gasteiger partial charge on any atom is 0.461 e. The predicted octanol–water partition coefficient (Wildman–Crippen LogP) is 8.15. The Kier molecular flexibility index (Phi) is 16.7. The van der Waals surface area contributed by atoms with Crippen LogP contribution in [-0.2, 0) is 9.59 Å². The number of methoxy groups -OCH3 is 2. The van der Waals surface area contributed by atoms with Crippen molar-refractivity contribution >= 4 is 47.0 Å². The molecular formula is C47H38F8N2O12. The first kappa shape index (κ1) is 52.0. The SMILES string of the molecule is COc1cc(/C=C/C(=O)C(O)C(c2cc(N)cc(N)c2)C(O)C(=O)/C=C/c2ccc(OC(=O)c3ccc(OC(F)(F)C(F)F)cc3)c(OC)c2)ccc1OC(=O)c1ccc(OC(F)(F)C(F)F)cc1. The average molecular weight is 975 g/mol. The highest BCUT2D eigenvalue weighted by atomic mass is 19.3. The number of benzene rings is 5. The molecule has 2 atom stereocenters. The topological polar surface area (TPSA) is 216 Å². The second-order valence-electron chi connectivity index (χ2n) is 14.4. The Morgan fingerprint density at radius 2 is 0.899 bits per heavy atom. The van der Waals surface area contributed by atoms with Gasteiger partial charge in [-0.25, -0.2) is 9.59 Å². The molecule has 14 nitrogen and oxygen atoms in total. The highest BCUT2D eigenvalue weighted by Crippen LogP contribution is 2.34. The van der Waals surface area contributed by atoms with Gasteiger partial charge in [0.15, 0.2) is 34.6 Å². The van der Waals surface area contributed by atoms with Gasteiger partial charge >= 0.3 is 37.0 Å². The highest BCUT2D eigenvalue weighted by Gasteiger charge is 2.45. The number of nitrogen functional groups attached to an aromatic ring is 2. The van der Waals surface area contributed by atoms with Gasteiger partial charge in [0.25, 0.3) is 0 Å². The van der Waals surface area contributed by atoms with Gasteiger partial charge < -0.3 is 50.1 Å². The van der Waals surface area contributed by atoms with Crippen molar-refractivity contribution in [2.24, 2.45) is 0 Å². The van der Waals surface area contributed by atoms with Gasteiger partial charge in [-0.2, -0.15) is 35.1 Å². The molecule has 0 fully saturated rings. The quantitative estimate of drug-likeness (QED) is 0.0180. The fourth-order valence-corrected chi connectivity index (χ4v) is 6.12. The van der Waals surface area contributed by atoms with Crippen molar-refractivity contribution in [1.82, 2.24) is 0 Å². The summed E-state index contributed by atoms with van der Waals surface area (Å²) in [4.78, 5) is 52.5. The van der Waals surface area contributed by atoms with Crippen LogP contribution in [0.15, 0.2) is 115 Å². The summed E-state index contributed by atoms with van der Waals surface area (Å²) in [5, 5.41) is 22.8. The number of ketones is 2. The van der Waals surface area contributed by atoms with Crippen LogP contribution >= 0.6 is 0 Å². The van der Waals surface area contributed by atoms with E-state index < -0.39 is 78.2 Å². The molecule has 6 N–H and O–H groups in total. The fraction of sp³-hybridized carbons (Fsp3) is 0.191. The Hall–Kier alpha value is -7.98. The zero-order valence-electron chi connectivity index (χ0n) is 35.7. The monoisotopic (exact) mass is 974 g/mol. The molecule has 5 rings (SSSR count). The molecule has 2 unspecified atom stereocenters. The molecule has 0 saturated carbocycles. The molecular weight excluding hydrogens is 937 g/mol. The first-order valence-electron chi connectivity index (χ1n) is 19.7. The van der Waals surface area contributed by atoms with Crippen molar-refractivity contribution in [3.8, 4) is 34.5 Å². The van der Waals surface area contributed by atoms with E-state index in [1.54, 1.807) is 0 Å².